The summed E-state index contributed by atoms with van der Waals surface area (Å²) >= 11 is 0. The van der Waals surface area contributed by atoms with E-state index < -0.39 is 5.60 Å². The van der Waals surface area contributed by atoms with Crippen molar-refractivity contribution in [3.63, 3.8) is 0 Å². The Labute approximate surface area is 154 Å². The Kier molecular flexibility index (Phi) is 5.57. The van der Waals surface area contributed by atoms with Crippen molar-refractivity contribution in [3.05, 3.63) is 59.4 Å². The molecule has 1 fully saturated rings. The predicted molar refractivity (Wildman–Crippen MR) is 100 cm³/mol. The minimum Gasteiger partial charge on any atom is -0.491 e. The molecule has 1 aliphatic heterocycles. The van der Waals surface area contributed by atoms with Crippen LogP contribution in [0.2, 0.25) is 0 Å². The van der Waals surface area contributed by atoms with Crippen LogP contribution in [0.5, 0.6) is 5.75 Å². The number of aromatic nitrogens is 1. The molecule has 5 nitrogen and oxygen atoms in total. The highest BCUT2D eigenvalue weighted by Gasteiger charge is 2.36. The van der Waals surface area contributed by atoms with Gasteiger partial charge in [-0.15, -0.1) is 0 Å². The maximum atomic E-state index is 12.6. The van der Waals surface area contributed by atoms with Gasteiger partial charge < -0.3 is 14.7 Å². The molecule has 0 saturated carbocycles. The van der Waals surface area contributed by atoms with E-state index in [9.17, 15) is 9.90 Å². The van der Waals surface area contributed by atoms with Gasteiger partial charge in [0.2, 0.25) is 5.91 Å². The number of pyridine rings is 1. The van der Waals surface area contributed by atoms with Crippen LogP contribution < -0.4 is 4.74 Å². The van der Waals surface area contributed by atoms with Gasteiger partial charge in [0, 0.05) is 18.9 Å². The normalized spacial score (nSPS) is 20.0. The number of ether oxygens (including phenoxy) is 1. The maximum Gasteiger partial charge on any atom is 0.227 e. The lowest BCUT2D eigenvalue weighted by Crippen LogP contribution is -2.53. The topological polar surface area (TPSA) is 62.7 Å². The van der Waals surface area contributed by atoms with E-state index in [1.54, 1.807) is 17.3 Å². The van der Waals surface area contributed by atoms with Crippen molar-refractivity contribution in [1.82, 2.24) is 9.88 Å². The number of aryl methyl sites for hydroxylation is 2. The average molecular weight is 354 g/mol. The zero-order chi connectivity index (χ0) is 18.6. The molecule has 1 saturated heterocycles. The number of carbonyl (C=O) groups is 1. The first kappa shape index (κ1) is 18.4. The number of hydrogen-bond acceptors (Lipinski definition) is 4. The van der Waals surface area contributed by atoms with Crippen molar-refractivity contribution in [2.45, 2.75) is 38.7 Å². The van der Waals surface area contributed by atoms with Crippen LogP contribution in [-0.4, -0.2) is 46.2 Å². The highest BCUT2D eigenvalue weighted by Crippen LogP contribution is 2.24. The van der Waals surface area contributed by atoms with Crippen LogP contribution in [-0.2, 0) is 11.2 Å². The standard InChI is InChI=1S/C21H26N2O3/c1-16-6-7-19(11-17(16)2)26-15-21(25)8-4-10-23(14-21)20(24)12-18-5-3-9-22-13-18/h3,5-7,9,11,13,25H,4,8,10,12,14-15H2,1-2H3. The van der Waals surface area contributed by atoms with Crippen LogP contribution in [0.25, 0.3) is 0 Å². The van der Waals surface area contributed by atoms with Crippen molar-refractivity contribution >= 4 is 5.91 Å². The fraction of sp³-hybridized carbons (Fsp3) is 0.429. The van der Waals surface area contributed by atoms with Gasteiger partial charge in [-0.2, -0.15) is 0 Å². The lowest BCUT2D eigenvalue weighted by atomic mass is 9.93. The number of benzene rings is 1. The Morgan fingerprint density at radius 3 is 2.88 bits per heavy atom. The monoisotopic (exact) mass is 354 g/mol. The molecular formula is C21H26N2O3. The third-order valence-corrected chi connectivity index (χ3v) is 4.97. The molecule has 0 radical (unpaired) electrons. The van der Waals surface area contributed by atoms with Crippen molar-refractivity contribution in [1.29, 1.82) is 0 Å². The second-order valence-corrected chi connectivity index (χ2v) is 7.22. The number of rotatable bonds is 5. The number of likely N-dealkylation sites (tertiary alicyclic amines) is 1. The van der Waals surface area contributed by atoms with Crippen LogP contribution in [0, 0.1) is 13.8 Å². The largest absolute Gasteiger partial charge is 0.491 e. The van der Waals surface area contributed by atoms with Crippen LogP contribution in [0.15, 0.2) is 42.7 Å². The first-order valence-electron chi connectivity index (χ1n) is 9.04. The molecule has 1 amide bonds. The van der Waals surface area contributed by atoms with E-state index in [1.807, 2.05) is 37.3 Å². The van der Waals surface area contributed by atoms with Gasteiger partial charge in [0.1, 0.15) is 18.0 Å². The number of β-amino-alcohol motifs (C(OH)–C–C–N with tert-alkyl or cyclic N) is 1. The van der Waals surface area contributed by atoms with Gasteiger partial charge in [0.05, 0.1) is 13.0 Å². The zero-order valence-corrected chi connectivity index (χ0v) is 15.4. The highest BCUT2D eigenvalue weighted by molar-refractivity contribution is 5.78. The summed E-state index contributed by atoms with van der Waals surface area (Å²) in [6, 6.07) is 9.63. The van der Waals surface area contributed by atoms with Gasteiger partial charge in [-0.25, -0.2) is 0 Å². The Hall–Kier alpha value is -2.40. The molecule has 26 heavy (non-hydrogen) atoms. The highest BCUT2D eigenvalue weighted by atomic mass is 16.5. The molecule has 1 atom stereocenters. The third kappa shape index (κ3) is 4.61. The fourth-order valence-electron chi connectivity index (χ4n) is 3.25. The minimum absolute atomic E-state index is 0.0160. The van der Waals surface area contributed by atoms with Gasteiger partial charge >= 0.3 is 0 Å². The minimum atomic E-state index is -1.01. The SMILES string of the molecule is Cc1ccc(OCC2(O)CCCN(C(=O)Cc3cccnc3)C2)cc1C. The summed E-state index contributed by atoms with van der Waals surface area (Å²) in [6.07, 6.45) is 5.11. The molecule has 1 aliphatic rings. The number of piperidine rings is 1. The fourth-order valence-corrected chi connectivity index (χ4v) is 3.25. The second-order valence-electron chi connectivity index (χ2n) is 7.22. The van der Waals surface area contributed by atoms with Gasteiger partial charge in [-0.1, -0.05) is 12.1 Å². The molecule has 1 aromatic heterocycles. The van der Waals surface area contributed by atoms with E-state index in [1.165, 1.54) is 5.56 Å². The van der Waals surface area contributed by atoms with E-state index in [2.05, 4.69) is 11.9 Å². The number of hydrogen-bond donors (Lipinski definition) is 1. The van der Waals surface area contributed by atoms with Crippen molar-refractivity contribution in [2.24, 2.45) is 0 Å². The van der Waals surface area contributed by atoms with Gasteiger partial charge in [0.15, 0.2) is 0 Å². The first-order chi connectivity index (χ1) is 12.5. The third-order valence-electron chi connectivity index (χ3n) is 4.97. The molecule has 2 heterocycles. The lowest BCUT2D eigenvalue weighted by molar-refractivity contribution is -0.139. The van der Waals surface area contributed by atoms with Gasteiger partial charge in [-0.05, 0) is 61.6 Å². The molecule has 2 aromatic rings. The average Bonchev–Trinajstić information content (AvgIpc) is 2.64. The predicted octanol–water partition coefficient (Wildman–Crippen LogP) is 2.67. The molecular weight excluding hydrogens is 328 g/mol. The molecule has 3 rings (SSSR count). The van der Waals surface area contributed by atoms with Crippen LogP contribution in [0.3, 0.4) is 0 Å². The van der Waals surface area contributed by atoms with E-state index in [4.69, 9.17) is 4.74 Å². The Bertz CT molecular complexity index is 763. The van der Waals surface area contributed by atoms with E-state index >= 15 is 0 Å². The van der Waals surface area contributed by atoms with Crippen LogP contribution in [0.1, 0.15) is 29.5 Å². The Morgan fingerprint density at radius 2 is 2.15 bits per heavy atom. The molecule has 138 valence electrons. The second kappa shape index (κ2) is 7.87. The van der Waals surface area contributed by atoms with Crippen LogP contribution >= 0.6 is 0 Å². The molecule has 0 aliphatic carbocycles. The number of carbonyl (C=O) groups excluding carboxylic acids is 1. The summed E-state index contributed by atoms with van der Waals surface area (Å²) in [6.45, 7) is 5.25. The molecule has 0 spiro atoms. The summed E-state index contributed by atoms with van der Waals surface area (Å²) in [5.41, 5.74) is 2.24. The lowest BCUT2D eigenvalue weighted by Gasteiger charge is -2.39. The summed E-state index contributed by atoms with van der Waals surface area (Å²) in [7, 11) is 0. The molecule has 1 aromatic carbocycles. The van der Waals surface area contributed by atoms with E-state index in [-0.39, 0.29) is 12.5 Å². The van der Waals surface area contributed by atoms with Crippen molar-refractivity contribution in [2.75, 3.05) is 19.7 Å². The molecule has 0 bridgehead atoms. The molecule has 5 heteroatoms. The summed E-state index contributed by atoms with van der Waals surface area (Å²) in [4.78, 5) is 18.3. The van der Waals surface area contributed by atoms with Crippen LogP contribution in [0.4, 0.5) is 0 Å². The molecule has 1 N–H and O–H groups in total. The Balaban J connectivity index is 1.59. The van der Waals surface area contributed by atoms with Gasteiger partial charge in [0.25, 0.3) is 0 Å². The summed E-state index contributed by atoms with van der Waals surface area (Å²) < 4.78 is 5.83. The smallest absolute Gasteiger partial charge is 0.227 e. The molecule has 1 unspecified atom stereocenters. The number of aliphatic hydroxyl groups is 1. The number of amides is 1. The maximum absolute atomic E-state index is 12.6. The number of nitrogens with zero attached hydrogens (tertiary/aromatic N) is 2. The summed E-state index contributed by atoms with van der Waals surface area (Å²) in [5, 5.41) is 10.9. The van der Waals surface area contributed by atoms with Crippen molar-refractivity contribution in [3.8, 4) is 5.75 Å². The first-order valence-corrected chi connectivity index (χ1v) is 9.04. The van der Waals surface area contributed by atoms with Crippen molar-refractivity contribution < 1.29 is 14.6 Å². The van der Waals surface area contributed by atoms with Gasteiger partial charge in [-0.3, -0.25) is 9.78 Å². The Morgan fingerprint density at radius 1 is 1.31 bits per heavy atom. The zero-order valence-electron chi connectivity index (χ0n) is 15.4. The summed E-state index contributed by atoms with van der Waals surface area (Å²) in [5.74, 6) is 0.766. The van der Waals surface area contributed by atoms with E-state index in [0.717, 1.165) is 23.3 Å². The van der Waals surface area contributed by atoms with E-state index in [0.29, 0.717) is 25.9 Å². The quantitative estimate of drug-likeness (QED) is 0.897.